The van der Waals surface area contributed by atoms with E-state index in [1.54, 1.807) is 12.1 Å². The Balaban J connectivity index is 1.87. The lowest BCUT2D eigenvalue weighted by Gasteiger charge is -2.06. The molecular weight excluding hydrogens is 310 g/mol. The average Bonchev–Trinajstić information content (AvgIpc) is 3.06. The number of hydrogen-bond acceptors (Lipinski definition) is 3. The molecule has 3 aromatic carbocycles. The van der Waals surface area contributed by atoms with Crippen LogP contribution in [0.15, 0.2) is 71.4 Å². The fourth-order valence-electron chi connectivity index (χ4n) is 3.26. The van der Waals surface area contributed by atoms with Gasteiger partial charge in [0.15, 0.2) is 5.69 Å². The molecule has 4 nitrogen and oxygen atoms in total. The number of fused-ring (bicyclic) bond motifs is 4. The molecule has 0 aliphatic rings. The second-order valence-corrected chi connectivity index (χ2v) is 5.82. The molecule has 0 saturated heterocycles. The predicted molar refractivity (Wildman–Crippen MR) is 98.5 cm³/mol. The van der Waals surface area contributed by atoms with Crippen LogP contribution in [0.4, 0.5) is 5.69 Å². The minimum atomic E-state index is 0.569. The third kappa shape index (κ3) is 2.00. The zero-order valence-electron chi connectivity index (χ0n) is 13.1. The SMILES string of the molecule is [C-]#[N+]c1ccc2c(-c3cccc4c3oc3ccccc34)ncnc2c1. The number of rotatable bonds is 1. The van der Waals surface area contributed by atoms with E-state index in [0.717, 1.165) is 44.1 Å². The molecule has 0 atom stereocenters. The van der Waals surface area contributed by atoms with Crippen LogP contribution in [0.5, 0.6) is 0 Å². The first-order valence-electron chi connectivity index (χ1n) is 7.88. The van der Waals surface area contributed by atoms with Gasteiger partial charge in [0.05, 0.1) is 17.8 Å². The molecule has 5 aromatic rings. The second kappa shape index (κ2) is 5.15. The van der Waals surface area contributed by atoms with Gasteiger partial charge in [0.25, 0.3) is 0 Å². The van der Waals surface area contributed by atoms with Crippen molar-refractivity contribution in [3.05, 3.63) is 78.4 Å². The molecule has 0 radical (unpaired) electrons. The first kappa shape index (κ1) is 13.7. The van der Waals surface area contributed by atoms with Crippen LogP contribution >= 0.6 is 0 Å². The molecule has 0 aliphatic carbocycles. The van der Waals surface area contributed by atoms with Crippen molar-refractivity contribution in [3.8, 4) is 11.3 Å². The van der Waals surface area contributed by atoms with Crippen LogP contribution in [-0.2, 0) is 0 Å². The Morgan fingerprint density at radius 2 is 1.72 bits per heavy atom. The van der Waals surface area contributed by atoms with E-state index >= 15 is 0 Å². The Labute approximate surface area is 143 Å². The number of furan rings is 1. The summed E-state index contributed by atoms with van der Waals surface area (Å²) >= 11 is 0. The number of hydrogen-bond donors (Lipinski definition) is 0. The summed E-state index contributed by atoms with van der Waals surface area (Å²) < 4.78 is 6.12. The summed E-state index contributed by atoms with van der Waals surface area (Å²) in [6.45, 7) is 7.17. The molecule has 0 bridgehead atoms. The zero-order chi connectivity index (χ0) is 16.8. The molecule has 0 saturated carbocycles. The Morgan fingerprint density at radius 3 is 2.64 bits per heavy atom. The van der Waals surface area contributed by atoms with E-state index in [2.05, 4.69) is 26.9 Å². The van der Waals surface area contributed by atoms with E-state index in [1.165, 1.54) is 6.33 Å². The van der Waals surface area contributed by atoms with Crippen molar-refractivity contribution in [3.63, 3.8) is 0 Å². The third-order valence-corrected chi connectivity index (χ3v) is 4.41. The van der Waals surface area contributed by atoms with E-state index in [-0.39, 0.29) is 0 Å². The van der Waals surface area contributed by atoms with Gasteiger partial charge in [-0.15, -0.1) is 0 Å². The van der Waals surface area contributed by atoms with Crippen LogP contribution in [0, 0.1) is 6.57 Å². The van der Waals surface area contributed by atoms with Crippen LogP contribution < -0.4 is 0 Å². The standard InChI is InChI=1S/C21H11N3O/c1-22-13-9-10-16-18(11-13)23-12-24-20(16)17-7-4-6-15-14-5-2-3-8-19(14)25-21(15)17/h2-12H. The van der Waals surface area contributed by atoms with E-state index in [9.17, 15) is 0 Å². The van der Waals surface area contributed by atoms with Gasteiger partial charge in [-0.25, -0.2) is 14.8 Å². The van der Waals surface area contributed by atoms with E-state index in [0.29, 0.717) is 5.69 Å². The summed E-state index contributed by atoms with van der Waals surface area (Å²) in [5.74, 6) is 0. The Hall–Kier alpha value is -3.71. The minimum Gasteiger partial charge on any atom is -0.455 e. The lowest BCUT2D eigenvalue weighted by atomic mass is 10.0. The van der Waals surface area contributed by atoms with Crippen LogP contribution in [0.1, 0.15) is 0 Å². The number of nitrogens with zero attached hydrogens (tertiary/aromatic N) is 3. The van der Waals surface area contributed by atoms with Crippen molar-refractivity contribution in [1.29, 1.82) is 0 Å². The number of aromatic nitrogens is 2. The van der Waals surface area contributed by atoms with E-state index < -0.39 is 0 Å². The lowest BCUT2D eigenvalue weighted by molar-refractivity contribution is 0.670. The van der Waals surface area contributed by atoms with Gasteiger partial charge in [-0.3, -0.25) is 0 Å². The Morgan fingerprint density at radius 1 is 0.840 bits per heavy atom. The first-order valence-corrected chi connectivity index (χ1v) is 7.88. The minimum absolute atomic E-state index is 0.569. The quantitative estimate of drug-likeness (QED) is 0.369. The monoisotopic (exact) mass is 321 g/mol. The van der Waals surface area contributed by atoms with E-state index in [4.69, 9.17) is 11.0 Å². The highest BCUT2D eigenvalue weighted by Crippen LogP contribution is 2.37. The van der Waals surface area contributed by atoms with Crippen LogP contribution in [0.2, 0.25) is 0 Å². The van der Waals surface area contributed by atoms with Gasteiger partial charge in [-0.05, 0) is 18.2 Å². The zero-order valence-corrected chi connectivity index (χ0v) is 13.1. The molecule has 0 aliphatic heterocycles. The van der Waals surface area contributed by atoms with Gasteiger partial charge in [0, 0.05) is 21.7 Å². The summed E-state index contributed by atoms with van der Waals surface area (Å²) in [6, 6.07) is 19.6. The number of benzene rings is 3. The molecule has 25 heavy (non-hydrogen) atoms. The van der Waals surface area contributed by atoms with Crippen molar-refractivity contribution in [2.75, 3.05) is 0 Å². The predicted octanol–water partition coefficient (Wildman–Crippen LogP) is 5.75. The van der Waals surface area contributed by atoms with Crippen molar-refractivity contribution in [2.24, 2.45) is 0 Å². The fraction of sp³-hybridized carbons (Fsp3) is 0. The van der Waals surface area contributed by atoms with Gasteiger partial charge in [0.2, 0.25) is 0 Å². The van der Waals surface area contributed by atoms with Crippen LogP contribution in [0.3, 0.4) is 0 Å². The van der Waals surface area contributed by atoms with Gasteiger partial charge in [-0.2, -0.15) is 0 Å². The largest absolute Gasteiger partial charge is 0.455 e. The molecular formula is C21H11N3O. The highest BCUT2D eigenvalue weighted by atomic mass is 16.3. The molecule has 0 amide bonds. The van der Waals surface area contributed by atoms with E-state index in [1.807, 2.05) is 36.4 Å². The number of para-hydroxylation sites is 2. The average molecular weight is 321 g/mol. The van der Waals surface area contributed by atoms with Gasteiger partial charge in [-0.1, -0.05) is 42.5 Å². The van der Waals surface area contributed by atoms with Crippen molar-refractivity contribution >= 4 is 38.5 Å². The molecule has 0 N–H and O–H groups in total. The smallest absolute Gasteiger partial charge is 0.189 e. The van der Waals surface area contributed by atoms with Crippen molar-refractivity contribution < 1.29 is 4.42 Å². The van der Waals surface area contributed by atoms with Crippen LogP contribution in [-0.4, -0.2) is 9.97 Å². The van der Waals surface area contributed by atoms with Gasteiger partial charge in [0.1, 0.15) is 17.5 Å². The second-order valence-electron chi connectivity index (χ2n) is 5.82. The highest BCUT2D eigenvalue weighted by molar-refractivity contribution is 6.11. The Bertz CT molecular complexity index is 1310. The highest BCUT2D eigenvalue weighted by Gasteiger charge is 2.15. The summed E-state index contributed by atoms with van der Waals surface area (Å²) in [6.07, 6.45) is 1.53. The Kier molecular flexibility index (Phi) is 2.82. The van der Waals surface area contributed by atoms with Gasteiger partial charge < -0.3 is 4.42 Å². The topological polar surface area (TPSA) is 43.3 Å². The summed E-state index contributed by atoms with van der Waals surface area (Å²) in [7, 11) is 0. The maximum atomic E-state index is 7.17. The summed E-state index contributed by atoms with van der Waals surface area (Å²) in [5.41, 5.74) is 4.74. The molecule has 2 heterocycles. The normalized spacial score (nSPS) is 11.2. The van der Waals surface area contributed by atoms with Crippen molar-refractivity contribution in [2.45, 2.75) is 0 Å². The molecule has 0 fully saturated rings. The summed E-state index contributed by atoms with van der Waals surface area (Å²) in [5, 5.41) is 3.06. The first-order chi connectivity index (χ1) is 12.3. The van der Waals surface area contributed by atoms with Crippen LogP contribution in [0.25, 0.3) is 48.9 Å². The lowest BCUT2D eigenvalue weighted by Crippen LogP contribution is -1.89. The molecule has 0 unspecified atom stereocenters. The molecule has 5 rings (SSSR count). The molecule has 2 aromatic heterocycles. The maximum absolute atomic E-state index is 7.17. The fourth-order valence-corrected chi connectivity index (χ4v) is 3.26. The molecule has 116 valence electrons. The van der Waals surface area contributed by atoms with Crippen molar-refractivity contribution in [1.82, 2.24) is 9.97 Å². The van der Waals surface area contributed by atoms with Gasteiger partial charge >= 0.3 is 0 Å². The molecule has 4 heteroatoms. The summed E-state index contributed by atoms with van der Waals surface area (Å²) in [4.78, 5) is 12.3. The molecule has 0 spiro atoms. The maximum Gasteiger partial charge on any atom is 0.189 e. The third-order valence-electron chi connectivity index (χ3n) is 4.41.